The summed E-state index contributed by atoms with van der Waals surface area (Å²) in [7, 11) is 0. The molecule has 24 heavy (non-hydrogen) atoms. The monoisotopic (exact) mass is 347 g/mol. The number of rotatable bonds is 5. The first kappa shape index (κ1) is 16.8. The molecule has 1 aliphatic heterocycles. The fraction of sp³-hybridized carbons (Fsp3) is 0.471. The van der Waals surface area contributed by atoms with Gasteiger partial charge in [-0.3, -0.25) is 4.79 Å². The molecule has 1 aliphatic rings. The fourth-order valence-corrected chi connectivity index (χ4v) is 3.08. The van der Waals surface area contributed by atoms with Gasteiger partial charge < -0.3 is 14.4 Å². The third-order valence-electron chi connectivity index (χ3n) is 4.35. The molecule has 1 fully saturated rings. The molecule has 0 atom stereocenters. The van der Waals surface area contributed by atoms with Crippen molar-refractivity contribution in [3.63, 3.8) is 0 Å². The smallest absolute Gasteiger partial charge is 0.224 e. The fourth-order valence-electron chi connectivity index (χ4n) is 2.97. The zero-order valence-electron chi connectivity index (χ0n) is 13.9. The van der Waals surface area contributed by atoms with E-state index >= 15 is 0 Å². The maximum absolute atomic E-state index is 12.4. The number of carbonyl (C=O) groups is 1. The van der Waals surface area contributed by atoms with Crippen LogP contribution in [0.2, 0.25) is 5.02 Å². The molecule has 6 nitrogen and oxygen atoms in total. The van der Waals surface area contributed by atoms with Crippen molar-refractivity contribution in [3.05, 3.63) is 41.6 Å². The Bertz CT molecular complexity index is 677. The molecule has 2 aromatic heterocycles. The number of nitrogens with zero attached hydrogens (tertiary/aromatic N) is 5. The second-order valence-corrected chi connectivity index (χ2v) is 6.28. The minimum Gasteiger partial charge on any atom is -0.353 e. The largest absolute Gasteiger partial charge is 0.353 e. The molecule has 3 rings (SSSR count). The lowest BCUT2D eigenvalue weighted by molar-refractivity contribution is -0.131. The Morgan fingerprint density at radius 3 is 2.67 bits per heavy atom. The van der Waals surface area contributed by atoms with Gasteiger partial charge in [-0.05, 0) is 12.1 Å². The van der Waals surface area contributed by atoms with Gasteiger partial charge in [-0.25, -0.2) is 9.97 Å². The second kappa shape index (κ2) is 7.66. The quantitative estimate of drug-likeness (QED) is 0.832. The normalized spacial score (nSPS) is 14.9. The number of piperazine rings is 1. The highest BCUT2D eigenvalue weighted by atomic mass is 35.5. The van der Waals surface area contributed by atoms with Gasteiger partial charge in [0.15, 0.2) is 0 Å². The predicted molar refractivity (Wildman–Crippen MR) is 94.3 cm³/mol. The maximum Gasteiger partial charge on any atom is 0.224 e. The maximum atomic E-state index is 12.4. The lowest BCUT2D eigenvalue weighted by Crippen LogP contribution is -2.49. The molecule has 0 bridgehead atoms. The zero-order chi connectivity index (χ0) is 16.9. The van der Waals surface area contributed by atoms with Crippen LogP contribution in [0.3, 0.4) is 0 Å². The van der Waals surface area contributed by atoms with Gasteiger partial charge in [0.25, 0.3) is 0 Å². The zero-order valence-corrected chi connectivity index (χ0v) is 14.6. The predicted octanol–water partition coefficient (Wildman–Crippen LogP) is 2.23. The van der Waals surface area contributed by atoms with Crippen LogP contribution in [0.1, 0.15) is 19.2 Å². The van der Waals surface area contributed by atoms with Gasteiger partial charge in [-0.1, -0.05) is 18.5 Å². The standard InChI is InChI=1S/C17H22ClN5O/c1-2-15-19-6-8-21(15)7-5-17(24)23-11-9-22(10-12-23)16-4-3-14(18)13-20-16/h3-4,6,8,13H,2,5,7,9-12H2,1H3. The first-order chi connectivity index (χ1) is 11.7. The number of hydrogen-bond acceptors (Lipinski definition) is 4. The number of aromatic nitrogens is 3. The van der Waals surface area contributed by atoms with Gasteiger partial charge in [-0.2, -0.15) is 0 Å². The van der Waals surface area contributed by atoms with E-state index < -0.39 is 0 Å². The van der Waals surface area contributed by atoms with Gasteiger partial charge in [0, 0.05) is 64.2 Å². The van der Waals surface area contributed by atoms with Crippen molar-refractivity contribution >= 4 is 23.3 Å². The Hall–Kier alpha value is -2.08. The third-order valence-corrected chi connectivity index (χ3v) is 4.58. The van der Waals surface area contributed by atoms with Crippen molar-refractivity contribution in [1.29, 1.82) is 0 Å². The summed E-state index contributed by atoms with van der Waals surface area (Å²) >= 11 is 5.87. The van der Waals surface area contributed by atoms with E-state index in [0.29, 0.717) is 18.0 Å². The van der Waals surface area contributed by atoms with Crippen LogP contribution >= 0.6 is 11.6 Å². The third kappa shape index (κ3) is 3.87. The number of aryl methyl sites for hydroxylation is 2. The van der Waals surface area contributed by atoms with Gasteiger partial charge in [0.1, 0.15) is 11.6 Å². The molecule has 1 saturated heterocycles. The van der Waals surface area contributed by atoms with E-state index in [-0.39, 0.29) is 5.91 Å². The Labute approximate surface area is 147 Å². The highest BCUT2D eigenvalue weighted by Crippen LogP contribution is 2.16. The number of carbonyl (C=O) groups excluding carboxylic acids is 1. The second-order valence-electron chi connectivity index (χ2n) is 5.84. The van der Waals surface area contributed by atoms with Crippen molar-refractivity contribution in [2.45, 2.75) is 26.3 Å². The van der Waals surface area contributed by atoms with E-state index in [1.807, 2.05) is 23.2 Å². The van der Waals surface area contributed by atoms with Gasteiger partial charge in [-0.15, -0.1) is 0 Å². The molecular formula is C17H22ClN5O. The Balaban J connectivity index is 1.49. The van der Waals surface area contributed by atoms with Gasteiger partial charge in [0.05, 0.1) is 5.02 Å². The number of pyridine rings is 1. The van der Waals surface area contributed by atoms with Crippen LogP contribution in [-0.4, -0.2) is 51.5 Å². The molecule has 0 spiro atoms. The van der Waals surface area contributed by atoms with Crippen molar-refractivity contribution in [3.8, 4) is 0 Å². The van der Waals surface area contributed by atoms with E-state index in [2.05, 4.69) is 26.4 Å². The number of halogens is 1. The van der Waals surface area contributed by atoms with Crippen LogP contribution in [0.25, 0.3) is 0 Å². The van der Waals surface area contributed by atoms with Crippen LogP contribution in [0, 0.1) is 0 Å². The Morgan fingerprint density at radius 1 is 1.21 bits per heavy atom. The van der Waals surface area contributed by atoms with Gasteiger partial charge in [0.2, 0.25) is 5.91 Å². The molecule has 1 amide bonds. The highest BCUT2D eigenvalue weighted by molar-refractivity contribution is 6.30. The van der Waals surface area contributed by atoms with Crippen LogP contribution < -0.4 is 4.90 Å². The van der Waals surface area contributed by atoms with Crippen LogP contribution in [0.15, 0.2) is 30.7 Å². The minimum atomic E-state index is 0.203. The van der Waals surface area contributed by atoms with E-state index in [4.69, 9.17) is 11.6 Å². The summed E-state index contributed by atoms with van der Waals surface area (Å²) in [5.74, 6) is 2.15. The molecule has 128 valence electrons. The summed E-state index contributed by atoms with van der Waals surface area (Å²) in [6.07, 6.45) is 6.79. The number of anilines is 1. The first-order valence-corrected chi connectivity index (χ1v) is 8.69. The molecule has 3 heterocycles. The van der Waals surface area contributed by atoms with Crippen LogP contribution in [0.4, 0.5) is 5.82 Å². The molecule has 0 saturated carbocycles. The SMILES string of the molecule is CCc1nccn1CCC(=O)N1CCN(c2ccc(Cl)cn2)CC1. The summed E-state index contributed by atoms with van der Waals surface area (Å²) < 4.78 is 2.06. The average molecular weight is 348 g/mol. The van der Waals surface area contributed by atoms with E-state index in [1.165, 1.54) is 0 Å². The molecule has 0 radical (unpaired) electrons. The van der Waals surface area contributed by atoms with E-state index in [1.54, 1.807) is 12.4 Å². The minimum absolute atomic E-state index is 0.203. The first-order valence-electron chi connectivity index (χ1n) is 8.31. The van der Waals surface area contributed by atoms with E-state index in [9.17, 15) is 4.79 Å². The number of amides is 1. The van der Waals surface area contributed by atoms with Crippen molar-refractivity contribution in [2.75, 3.05) is 31.1 Å². The van der Waals surface area contributed by atoms with E-state index in [0.717, 1.165) is 44.2 Å². The lowest BCUT2D eigenvalue weighted by atomic mass is 10.2. The summed E-state index contributed by atoms with van der Waals surface area (Å²) in [5.41, 5.74) is 0. The molecule has 7 heteroatoms. The summed E-state index contributed by atoms with van der Waals surface area (Å²) in [6, 6.07) is 3.77. The molecule has 0 aromatic carbocycles. The average Bonchev–Trinajstić information content (AvgIpc) is 3.08. The highest BCUT2D eigenvalue weighted by Gasteiger charge is 2.21. The molecule has 0 N–H and O–H groups in total. The van der Waals surface area contributed by atoms with Crippen LogP contribution in [0.5, 0.6) is 0 Å². The van der Waals surface area contributed by atoms with Crippen molar-refractivity contribution in [2.24, 2.45) is 0 Å². The number of hydrogen-bond donors (Lipinski definition) is 0. The topological polar surface area (TPSA) is 54.3 Å². The Kier molecular flexibility index (Phi) is 5.35. The summed E-state index contributed by atoms with van der Waals surface area (Å²) in [5, 5.41) is 0.638. The molecular weight excluding hydrogens is 326 g/mol. The van der Waals surface area contributed by atoms with Crippen molar-refractivity contribution in [1.82, 2.24) is 19.4 Å². The van der Waals surface area contributed by atoms with Crippen molar-refractivity contribution < 1.29 is 4.79 Å². The summed E-state index contributed by atoms with van der Waals surface area (Å²) in [6.45, 7) is 5.82. The van der Waals surface area contributed by atoms with Crippen LogP contribution in [-0.2, 0) is 17.8 Å². The lowest BCUT2D eigenvalue weighted by Gasteiger charge is -2.35. The van der Waals surface area contributed by atoms with Gasteiger partial charge >= 0.3 is 0 Å². The number of imidazole rings is 1. The molecule has 0 unspecified atom stereocenters. The Morgan fingerprint density at radius 2 is 2.00 bits per heavy atom. The molecule has 2 aromatic rings. The molecule has 0 aliphatic carbocycles. The summed E-state index contributed by atoms with van der Waals surface area (Å²) in [4.78, 5) is 25.2.